The topological polar surface area (TPSA) is 216 Å². The molecule has 2 aromatic heterocycles. The van der Waals surface area contributed by atoms with E-state index < -0.39 is 74.1 Å². The van der Waals surface area contributed by atoms with Crippen molar-refractivity contribution in [3.05, 3.63) is 54.5 Å². The molecule has 1 saturated heterocycles. The molecule has 17 heteroatoms. The number of para-hydroxylation sites is 1. The van der Waals surface area contributed by atoms with Crippen LogP contribution in [0, 0.1) is 23.2 Å². The van der Waals surface area contributed by atoms with Crippen molar-refractivity contribution in [2.24, 2.45) is 11.8 Å². The number of carbonyl (C=O) groups is 3. The quantitative estimate of drug-likeness (QED) is 0.137. The van der Waals surface area contributed by atoms with Crippen LogP contribution in [0.4, 0.5) is 5.82 Å². The third-order valence-electron chi connectivity index (χ3n) is 8.28. The lowest BCUT2D eigenvalue weighted by Crippen LogP contribution is -2.50. The number of ether oxygens (including phenoxy) is 4. The number of hydrogen-bond donors (Lipinski definition) is 2. The molecule has 1 aliphatic heterocycles. The van der Waals surface area contributed by atoms with Gasteiger partial charge in [0.25, 0.3) is 0 Å². The van der Waals surface area contributed by atoms with Crippen LogP contribution in [0.5, 0.6) is 5.75 Å². The van der Waals surface area contributed by atoms with Gasteiger partial charge in [-0.2, -0.15) is 15.4 Å². The van der Waals surface area contributed by atoms with E-state index in [-0.39, 0.29) is 23.4 Å². The number of nitrogens with zero attached hydrogens (tertiary/aromatic N) is 4. The zero-order chi connectivity index (χ0) is 36.2. The summed E-state index contributed by atoms with van der Waals surface area (Å²) in [7, 11) is -4.53. The Kier molecular flexibility index (Phi) is 11.1. The fourth-order valence-electron chi connectivity index (χ4n) is 5.19. The monoisotopic (exact) mass is 712 g/mol. The van der Waals surface area contributed by atoms with Gasteiger partial charge in [-0.1, -0.05) is 45.9 Å². The first-order valence-electron chi connectivity index (χ1n) is 16.3. The van der Waals surface area contributed by atoms with Gasteiger partial charge in [0.15, 0.2) is 18.0 Å². The molecule has 1 saturated carbocycles. The molecule has 1 unspecified atom stereocenters. The van der Waals surface area contributed by atoms with E-state index in [9.17, 15) is 24.2 Å². The van der Waals surface area contributed by atoms with Crippen molar-refractivity contribution in [1.82, 2.24) is 19.7 Å². The molecule has 16 nitrogen and oxygen atoms in total. The molecule has 0 amide bonds. The van der Waals surface area contributed by atoms with Gasteiger partial charge in [0.1, 0.15) is 48.5 Å². The Hall–Kier alpha value is -4.55. The van der Waals surface area contributed by atoms with Crippen LogP contribution < -0.4 is 15.3 Å². The number of carbonyl (C=O) groups excluding carboxylic acids is 3. The van der Waals surface area contributed by atoms with Crippen LogP contribution in [-0.2, 0) is 42.4 Å². The molecule has 268 valence electrons. The molecule has 3 N–H and O–H groups in total. The number of hydrogen-bond acceptors (Lipinski definition) is 14. The number of benzene rings is 1. The number of nitrogen functional groups attached to an aromatic ring is 1. The largest absolute Gasteiger partial charge is 0.461 e. The standard InChI is InChI=1S/C33H41N6O10P/c1-19(2)30(40)46-27-26(24-14-15-25-29(35)36-18-37-39(24)25)48-33(16-34,28(27)47-31(41)20(3)4)17-44-50(43,49-23-10-7-6-8-11-23)38-21(5)32(42)45-22-12-9-13-22/h6-8,10-11,14-15,18-22,26-28H,9,12-13,17H2,1-5H3,(H,38,43)(H2,35,36,37)/t21-,26-,27-,28-,33+,50?/m0/s1. The molecule has 1 aromatic carbocycles. The van der Waals surface area contributed by atoms with Crippen LogP contribution in [-0.4, -0.2) is 69.1 Å². The van der Waals surface area contributed by atoms with Crippen molar-refractivity contribution in [3.8, 4) is 11.8 Å². The Morgan fingerprint density at radius 2 is 1.72 bits per heavy atom. The van der Waals surface area contributed by atoms with Crippen LogP contribution >= 0.6 is 7.75 Å². The molecule has 3 aromatic rings. The fraction of sp³-hybridized carbons (Fsp3) is 0.515. The molecule has 50 heavy (non-hydrogen) atoms. The second-order valence-corrected chi connectivity index (χ2v) is 14.5. The summed E-state index contributed by atoms with van der Waals surface area (Å²) in [5, 5.41) is 17.7. The van der Waals surface area contributed by atoms with Crippen molar-refractivity contribution in [1.29, 1.82) is 5.26 Å². The third-order valence-corrected chi connectivity index (χ3v) is 9.91. The molecular weight excluding hydrogens is 671 g/mol. The minimum absolute atomic E-state index is 0.127. The molecule has 1 aliphatic carbocycles. The van der Waals surface area contributed by atoms with E-state index in [1.165, 1.54) is 29.9 Å². The van der Waals surface area contributed by atoms with Crippen molar-refractivity contribution >= 4 is 37.0 Å². The molecule has 5 rings (SSSR count). The Morgan fingerprint density at radius 1 is 1.04 bits per heavy atom. The Bertz CT molecular complexity index is 1790. The van der Waals surface area contributed by atoms with Gasteiger partial charge in [-0.3, -0.25) is 18.9 Å². The zero-order valence-electron chi connectivity index (χ0n) is 28.4. The number of esters is 3. The van der Waals surface area contributed by atoms with Gasteiger partial charge in [0.2, 0.25) is 5.60 Å². The highest BCUT2D eigenvalue weighted by Crippen LogP contribution is 2.50. The van der Waals surface area contributed by atoms with Gasteiger partial charge in [-0.05, 0) is 50.5 Å². The number of anilines is 1. The van der Waals surface area contributed by atoms with E-state index in [0.717, 1.165) is 19.3 Å². The van der Waals surface area contributed by atoms with Crippen LogP contribution in [0.1, 0.15) is 65.7 Å². The molecule has 0 spiro atoms. The first-order chi connectivity index (χ1) is 23.8. The maximum Gasteiger partial charge on any atom is 0.459 e. The smallest absolute Gasteiger partial charge is 0.459 e. The summed E-state index contributed by atoms with van der Waals surface area (Å²) in [4.78, 5) is 43.1. The average molecular weight is 713 g/mol. The summed E-state index contributed by atoms with van der Waals surface area (Å²) in [6.45, 7) is 7.01. The maximum absolute atomic E-state index is 14.4. The summed E-state index contributed by atoms with van der Waals surface area (Å²) in [6.07, 6.45) is -0.926. The predicted molar refractivity (Wildman–Crippen MR) is 176 cm³/mol. The number of rotatable bonds is 14. The van der Waals surface area contributed by atoms with Crippen molar-refractivity contribution < 1.29 is 46.9 Å². The first-order valence-corrected chi connectivity index (χ1v) is 17.9. The Balaban J connectivity index is 1.54. The SMILES string of the molecule is CC(C)C(=O)O[C@H]1[C@H](c2ccc3c(N)ncnn23)O[C@](C#N)(COP(=O)(N[C@@H](C)C(=O)OC2CCC2)Oc2ccccc2)[C@H]1OC(=O)C(C)C. The van der Waals surface area contributed by atoms with Gasteiger partial charge in [0, 0.05) is 0 Å². The predicted octanol–water partition coefficient (Wildman–Crippen LogP) is 4.06. The first kappa shape index (κ1) is 36.7. The van der Waals surface area contributed by atoms with Crippen molar-refractivity contribution in [2.75, 3.05) is 12.3 Å². The highest BCUT2D eigenvalue weighted by Gasteiger charge is 2.62. The van der Waals surface area contributed by atoms with E-state index in [1.54, 1.807) is 58.0 Å². The van der Waals surface area contributed by atoms with E-state index in [0.29, 0.717) is 5.52 Å². The lowest BCUT2D eigenvalue weighted by Gasteiger charge is -2.31. The zero-order valence-corrected chi connectivity index (χ0v) is 29.3. The molecule has 0 radical (unpaired) electrons. The molecule has 2 aliphatic rings. The number of fused-ring (bicyclic) bond motifs is 1. The van der Waals surface area contributed by atoms with E-state index in [4.69, 9.17) is 33.7 Å². The number of nitriles is 1. The van der Waals surface area contributed by atoms with Crippen molar-refractivity contribution in [3.63, 3.8) is 0 Å². The van der Waals surface area contributed by atoms with E-state index in [2.05, 4.69) is 15.2 Å². The summed E-state index contributed by atoms with van der Waals surface area (Å²) < 4.78 is 51.2. The van der Waals surface area contributed by atoms with Gasteiger partial charge >= 0.3 is 25.7 Å². The fourth-order valence-corrected chi connectivity index (χ4v) is 6.71. The third kappa shape index (κ3) is 7.92. The lowest BCUT2D eigenvalue weighted by molar-refractivity contribution is -0.173. The second kappa shape index (κ2) is 15.1. The summed E-state index contributed by atoms with van der Waals surface area (Å²) in [5.41, 5.74) is 4.50. The Labute approximate surface area is 289 Å². The molecule has 0 bridgehead atoms. The minimum atomic E-state index is -4.53. The highest BCUT2D eigenvalue weighted by molar-refractivity contribution is 7.52. The van der Waals surface area contributed by atoms with Gasteiger partial charge in [-0.15, -0.1) is 0 Å². The van der Waals surface area contributed by atoms with Crippen LogP contribution in [0.2, 0.25) is 0 Å². The summed E-state index contributed by atoms with van der Waals surface area (Å²) in [6, 6.07) is 12.1. The molecule has 2 fully saturated rings. The lowest BCUT2D eigenvalue weighted by atomic mass is 9.95. The van der Waals surface area contributed by atoms with Gasteiger partial charge in [0.05, 0.1) is 17.5 Å². The van der Waals surface area contributed by atoms with Gasteiger partial charge < -0.3 is 29.2 Å². The molecular formula is C33H41N6O10P. The summed E-state index contributed by atoms with van der Waals surface area (Å²) >= 11 is 0. The Morgan fingerprint density at radius 3 is 2.34 bits per heavy atom. The van der Waals surface area contributed by atoms with Crippen LogP contribution in [0.3, 0.4) is 0 Å². The van der Waals surface area contributed by atoms with Crippen LogP contribution in [0.25, 0.3) is 5.52 Å². The minimum Gasteiger partial charge on any atom is -0.461 e. The molecule has 6 atom stereocenters. The highest BCUT2D eigenvalue weighted by atomic mass is 31.2. The average Bonchev–Trinajstić information content (AvgIpc) is 3.62. The normalized spacial score (nSPS) is 23.8. The molecule has 3 heterocycles. The van der Waals surface area contributed by atoms with E-state index >= 15 is 0 Å². The number of nitrogens with two attached hydrogens (primary N) is 1. The second-order valence-electron chi connectivity index (χ2n) is 12.8. The summed E-state index contributed by atoms with van der Waals surface area (Å²) in [5.74, 6) is -3.07. The van der Waals surface area contributed by atoms with Gasteiger partial charge in [-0.25, -0.2) is 14.1 Å². The number of nitrogens with one attached hydrogen (secondary N) is 1. The van der Waals surface area contributed by atoms with Crippen molar-refractivity contribution in [2.45, 2.75) is 89.9 Å². The number of aromatic nitrogens is 3. The maximum atomic E-state index is 14.4. The van der Waals surface area contributed by atoms with E-state index in [1.807, 2.05) is 6.07 Å². The van der Waals surface area contributed by atoms with Crippen LogP contribution in [0.15, 0.2) is 48.8 Å².